The topological polar surface area (TPSA) is 82.5 Å². The van der Waals surface area contributed by atoms with Gasteiger partial charge in [0.15, 0.2) is 0 Å². The van der Waals surface area contributed by atoms with E-state index in [4.69, 9.17) is 5.11 Å². The number of aliphatic carboxylic acids is 1. The molecule has 6 nitrogen and oxygen atoms in total. The van der Waals surface area contributed by atoms with Gasteiger partial charge in [0.2, 0.25) is 0 Å². The number of carboxylic acids is 1. The SMILES string of the molecule is CCC(C)N(CC(=O)O)C(=O)NCc1cnccc1C. The third-order valence-electron chi connectivity index (χ3n) is 3.27. The zero-order valence-corrected chi connectivity index (χ0v) is 12.1. The molecule has 0 spiro atoms. The molecule has 0 bridgehead atoms. The standard InChI is InChI=1S/C14H21N3O3/c1-4-11(3)17(9-13(18)19)14(20)16-8-12-7-15-6-5-10(12)2/h5-7,11H,4,8-9H2,1-3H3,(H,16,20)(H,18,19). The van der Waals surface area contributed by atoms with Gasteiger partial charge in [0, 0.05) is 25.0 Å². The summed E-state index contributed by atoms with van der Waals surface area (Å²) in [5.41, 5.74) is 1.95. The van der Waals surface area contributed by atoms with E-state index in [1.54, 1.807) is 12.4 Å². The average molecular weight is 279 g/mol. The van der Waals surface area contributed by atoms with Gasteiger partial charge in [-0.15, -0.1) is 0 Å². The van der Waals surface area contributed by atoms with E-state index in [2.05, 4.69) is 10.3 Å². The Morgan fingerprint density at radius 3 is 2.75 bits per heavy atom. The van der Waals surface area contributed by atoms with E-state index in [0.29, 0.717) is 13.0 Å². The number of carbonyl (C=O) groups is 2. The Morgan fingerprint density at radius 1 is 1.50 bits per heavy atom. The summed E-state index contributed by atoms with van der Waals surface area (Å²) in [4.78, 5) is 28.3. The Balaban J connectivity index is 2.67. The lowest BCUT2D eigenvalue weighted by Crippen LogP contribution is -2.47. The summed E-state index contributed by atoms with van der Waals surface area (Å²) in [5, 5.41) is 11.6. The summed E-state index contributed by atoms with van der Waals surface area (Å²) in [6.45, 7) is 5.72. The fourth-order valence-corrected chi connectivity index (χ4v) is 1.75. The van der Waals surface area contributed by atoms with Crippen LogP contribution in [0.4, 0.5) is 4.79 Å². The minimum absolute atomic E-state index is 0.124. The molecule has 1 rings (SSSR count). The molecule has 1 unspecified atom stereocenters. The highest BCUT2D eigenvalue weighted by Crippen LogP contribution is 2.07. The molecule has 0 aliphatic rings. The minimum Gasteiger partial charge on any atom is -0.480 e. The Bertz CT molecular complexity index is 476. The van der Waals surface area contributed by atoms with Crippen LogP contribution in [0.5, 0.6) is 0 Å². The van der Waals surface area contributed by atoms with Crippen molar-refractivity contribution in [2.24, 2.45) is 0 Å². The average Bonchev–Trinajstić information content (AvgIpc) is 2.42. The van der Waals surface area contributed by atoms with Crippen molar-refractivity contribution in [3.63, 3.8) is 0 Å². The van der Waals surface area contributed by atoms with Crippen LogP contribution >= 0.6 is 0 Å². The van der Waals surface area contributed by atoms with Crippen molar-refractivity contribution in [3.05, 3.63) is 29.6 Å². The number of urea groups is 1. The maximum Gasteiger partial charge on any atom is 0.323 e. The second-order valence-electron chi connectivity index (χ2n) is 4.74. The highest BCUT2D eigenvalue weighted by Gasteiger charge is 2.21. The van der Waals surface area contributed by atoms with Crippen molar-refractivity contribution in [1.82, 2.24) is 15.2 Å². The van der Waals surface area contributed by atoms with Gasteiger partial charge in [0.1, 0.15) is 6.54 Å². The lowest BCUT2D eigenvalue weighted by atomic mass is 10.1. The molecule has 0 aromatic carbocycles. The highest BCUT2D eigenvalue weighted by atomic mass is 16.4. The van der Waals surface area contributed by atoms with Crippen LogP contribution in [-0.4, -0.2) is 39.6 Å². The van der Waals surface area contributed by atoms with E-state index in [0.717, 1.165) is 11.1 Å². The first-order valence-electron chi connectivity index (χ1n) is 6.61. The van der Waals surface area contributed by atoms with E-state index < -0.39 is 5.97 Å². The quantitative estimate of drug-likeness (QED) is 0.831. The Kier molecular flexibility index (Phi) is 5.96. The van der Waals surface area contributed by atoms with Crippen molar-refractivity contribution in [2.75, 3.05) is 6.54 Å². The van der Waals surface area contributed by atoms with Gasteiger partial charge in [-0.25, -0.2) is 4.79 Å². The molecule has 1 heterocycles. The first kappa shape index (κ1) is 15.9. The first-order valence-corrected chi connectivity index (χ1v) is 6.61. The molecule has 1 aromatic rings. The summed E-state index contributed by atoms with van der Waals surface area (Å²) in [7, 11) is 0. The molecule has 1 aromatic heterocycles. The first-order chi connectivity index (χ1) is 9.45. The number of hydrogen-bond donors (Lipinski definition) is 2. The minimum atomic E-state index is -1.02. The van der Waals surface area contributed by atoms with Crippen molar-refractivity contribution < 1.29 is 14.7 Å². The lowest BCUT2D eigenvalue weighted by Gasteiger charge is -2.27. The zero-order valence-electron chi connectivity index (χ0n) is 12.1. The number of amides is 2. The van der Waals surface area contributed by atoms with E-state index in [1.807, 2.05) is 26.8 Å². The second kappa shape index (κ2) is 7.47. The van der Waals surface area contributed by atoms with Crippen LogP contribution in [0, 0.1) is 6.92 Å². The molecule has 20 heavy (non-hydrogen) atoms. The van der Waals surface area contributed by atoms with E-state index in [1.165, 1.54) is 4.90 Å². The number of carbonyl (C=O) groups excluding carboxylic acids is 1. The number of nitrogens with zero attached hydrogens (tertiary/aromatic N) is 2. The summed E-state index contributed by atoms with van der Waals surface area (Å²) in [5.74, 6) is -1.02. The summed E-state index contributed by atoms with van der Waals surface area (Å²) in [6.07, 6.45) is 4.09. The summed E-state index contributed by atoms with van der Waals surface area (Å²) in [6, 6.07) is 1.37. The fraction of sp³-hybridized carbons (Fsp3) is 0.500. The Hall–Kier alpha value is -2.11. The zero-order chi connectivity index (χ0) is 15.1. The highest BCUT2D eigenvalue weighted by molar-refractivity contribution is 5.80. The van der Waals surface area contributed by atoms with E-state index in [9.17, 15) is 9.59 Å². The van der Waals surface area contributed by atoms with Gasteiger partial charge in [-0.05, 0) is 37.5 Å². The third kappa shape index (κ3) is 4.53. The number of pyridine rings is 1. The maximum atomic E-state index is 12.1. The van der Waals surface area contributed by atoms with Gasteiger partial charge in [0.05, 0.1) is 0 Å². The predicted octanol–water partition coefficient (Wildman–Crippen LogP) is 1.78. The molecule has 2 amide bonds. The maximum absolute atomic E-state index is 12.1. The van der Waals surface area contributed by atoms with Crippen molar-refractivity contribution in [2.45, 2.75) is 39.8 Å². The fourth-order valence-electron chi connectivity index (χ4n) is 1.75. The van der Waals surface area contributed by atoms with Gasteiger partial charge in [-0.2, -0.15) is 0 Å². The largest absolute Gasteiger partial charge is 0.480 e. The van der Waals surface area contributed by atoms with Crippen molar-refractivity contribution in [3.8, 4) is 0 Å². The van der Waals surface area contributed by atoms with Gasteiger partial charge >= 0.3 is 12.0 Å². The molecule has 110 valence electrons. The Morgan fingerprint density at radius 2 is 2.20 bits per heavy atom. The molecule has 0 saturated heterocycles. The van der Waals surface area contributed by atoms with Crippen LogP contribution in [0.3, 0.4) is 0 Å². The van der Waals surface area contributed by atoms with Gasteiger partial charge in [-0.1, -0.05) is 6.92 Å². The van der Waals surface area contributed by atoms with Crippen LogP contribution < -0.4 is 5.32 Å². The van der Waals surface area contributed by atoms with Crippen LogP contribution in [0.1, 0.15) is 31.4 Å². The van der Waals surface area contributed by atoms with Crippen LogP contribution in [-0.2, 0) is 11.3 Å². The van der Waals surface area contributed by atoms with Crippen molar-refractivity contribution >= 4 is 12.0 Å². The van der Waals surface area contributed by atoms with Gasteiger partial charge in [-0.3, -0.25) is 9.78 Å². The van der Waals surface area contributed by atoms with Crippen LogP contribution in [0.2, 0.25) is 0 Å². The third-order valence-corrected chi connectivity index (χ3v) is 3.27. The molecule has 0 radical (unpaired) electrons. The normalized spacial score (nSPS) is 11.8. The van der Waals surface area contributed by atoms with Crippen LogP contribution in [0.15, 0.2) is 18.5 Å². The number of hydrogen-bond acceptors (Lipinski definition) is 3. The molecule has 0 aliphatic heterocycles. The number of aromatic nitrogens is 1. The molecule has 0 saturated carbocycles. The number of nitrogens with one attached hydrogen (secondary N) is 1. The second-order valence-corrected chi connectivity index (χ2v) is 4.74. The molecule has 2 N–H and O–H groups in total. The smallest absolute Gasteiger partial charge is 0.323 e. The number of rotatable bonds is 6. The van der Waals surface area contributed by atoms with Gasteiger partial charge < -0.3 is 15.3 Å². The molecular weight excluding hydrogens is 258 g/mol. The molecule has 0 fully saturated rings. The van der Waals surface area contributed by atoms with Gasteiger partial charge in [0.25, 0.3) is 0 Å². The number of carboxylic acid groups (broad SMARTS) is 1. The van der Waals surface area contributed by atoms with Crippen LogP contribution in [0.25, 0.3) is 0 Å². The Labute approximate surface area is 118 Å². The predicted molar refractivity (Wildman–Crippen MR) is 75.3 cm³/mol. The molecular formula is C14H21N3O3. The number of aryl methyl sites for hydroxylation is 1. The summed E-state index contributed by atoms with van der Waals surface area (Å²) >= 11 is 0. The van der Waals surface area contributed by atoms with E-state index >= 15 is 0 Å². The molecule has 0 aliphatic carbocycles. The monoisotopic (exact) mass is 279 g/mol. The molecule has 6 heteroatoms. The van der Waals surface area contributed by atoms with E-state index in [-0.39, 0.29) is 18.6 Å². The molecule has 1 atom stereocenters. The van der Waals surface area contributed by atoms with Crippen molar-refractivity contribution in [1.29, 1.82) is 0 Å². The lowest BCUT2D eigenvalue weighted by molar-refractivity contribution is -0.138. The summed E-state index contributed by atoms with van der Waals surface area (Å²) < 4.78 is 0.